The molecule has 2 aliphatic heterocycles. The molecule has 2 fully saturated rings. The van der Waals surface area contributed by atoms with Gasteiger partial charge in [0.1, 0.15) is 28.4 Å². The van der Waals surface area contributed by atoms with Gasteiger partial charge in [-0.15, -0.1) is 0 Å². The molecule has 2 aromatic heterocycles. The van der Waals surface area contributed by atoms with Gasteiger partial charge in [0, 0.05) is 25.7 Å². The SMILES string of the molecule is Cc1conc1-c1nn(C)c(Cl)c1C(=O)N1CCC2(CCN(CCC(C)(C)C)CC2)CC1. The third kappa shape index (κ3) is 4.74. The molecule has 1 spiro atoms. The molecule has 4 rings (SSSR count). The number of rotatable bonds is 4. The molecule has 1 amide bonds. The lowest BCUT2D eigenvalue weighted by Gasteiger charge is -2.47. The van der Waals surface area contributed by atoms with Gasteiger partial charge in [-0.1, -0.05) is 37.5 Å². The summed E-state index contributed by atoms with van der Waals surface area (Å²) in [6.07, 6.45) is 7.38. The monoisotopic (exact) mass is 461 g/mol. The maximum atomic E-state index is 13.5. The van der Waals surface area contributed by atoms with Crippen molar-refractivity contribution in [1.82, 2.24) is 24.7 Å². The second kappa shape index (κ2) is 8.82. The third-order valence-electron chi connectivity index (χ3n) is 7.37. The molecule has 0 unspecified atom stereocenters. The molecule has 2 saturated heterocycles. The van der Waals surface area contributed by atoms with E-state index in [4.69, 9.17) is 16.1 Å². The quantitative estimate of drug-likeness (QED) is 0.654. The number of aromatic nitrogens is 3. The summed E-state index contributed by atoms with van der Waals surface area (Å²) < 4.78 is 6.62. The minimum Gasteiger partial charge on any atom is -0.364 e. The highest BCUT2D eigenvalue weighted by Gasteiger charge is 2.40. The summed E-state index contributed by atoms with van der Waals surface area (Å²) in [5, 5.41) is 8.86. The first-order valence-electron chi connectivity index (χ1n) is 11.7. The molecule has 0 aliphatic carbocycles. The van der Waals surface area contributed by atoms with E-state index in [1.54, 1.807) is 13.3 Å². The number of aryl methyl sites for hydroxylation is 2. The lowest BCUT2D eigenvalue weighted by Crippen LogP contribution is -2.48. The van der Waals surface area contributed by atoms with Crippen molar-refractivity contribution in [2.45, 2.75) is 59.8 Å². The fourth-order valence-corrected chi connectivity index (χ4v) is 5.17. The highest BCUT2D eigenvalue weighted by Crippen LogP contribution is 2.42. The van der Waals surface area contributed by atoms with Crippen LogP contribution in [0.3, 0.4) is 0 Å². The zero-order chi connectivity index (χ0) is 23.1. The van der Waals surface area contributed by atoms with Crippen LogP contribution in [0.25, 0.3) is 11.4 Å². The standard InChI is InChI=1S/C24H36ClN5O2/c1-17-16-32-27-19(17)20-18(21(25)28(5)26-20)22(31)30-14-9-24(10-15-30)7-12-29(13-8-24)11-6-23(2,3)4/h16H,6-15H2,1-5H3. The maximum Gasteiger partial charge on any atom is 0.259 e. The van der Waals surface area contributed by atoms with E-state index in [1.165, 1.54) is 43.6 Å². The van der Waals surface area contributed by atoms with Crippen LogP contribution >= 0.6 is 11.6 Å². The Hall–Kier alpha value is -1.86. The molecule has 8 heteroatoms. The first-order chi connectivity index (χ1) is 15.1. The topological polar surface area (TPSA) is 67.4 Å². The normalized spacial score (nSPS) is 19.6. The minimum atomic E-state index is -0.0574. The van der Waals surface area contributed by atoms with Gasteiger partial charge in [0.2, 0.25) is 0 Å². The van der Waals surface area contributed by atoms with Crippen molar-refractivity contribution >= 4 is 17.5 Å². The van der Waals surface area contributed by atoms with Crippen molar-refractivity contribution < 1.29 is 9.32 Å². The predicted molar refractivity (Wildman–Crippen MR) is 126 cm³/mol. The predicted octanol–water partition coefficient (Wildman–Crippen LogP) is 4.79. The van der Waals surface area contributed by atoms with E-state index in [1.807, 2.05) is 11.8 Å². The second-order valence-electron chi connectivity index (χ2n) is 10.9. The Morgan fingerprint density at radius 1 is 1.12 bits per heavy atom. The van der Waals surface area contributed by atoms with Gasteiger partial charge in [-0.2, -0.15) is 5.10 Å². The van der Waals surface area contributed by atoms with Gasteiger partial charge in [0.15, 0.2) is 0 Å². The summed E-state index contributed by atoms with van der Waals surface area (Å²) >= 11 is 6.51. The van der Waals surface area contributed by atoms with Crippen molar-refractivity contribution in [2.24, 2.45) is 17.9 Å². The van der Waals surface area contributed by atoms with Gasteiger partial charge < -0.3 is 14.3 Å². The van der Waals surface area contributed by atoms with E-state index in [9.17, 15) is 4.79 Å². The first kappa shape index (κ1) is 23.3. The number of likely N-dealkylation sites (tertiary alicyclic amines) is 2. The number of nitrogens with zero attached hydrogens (tertiary/aromatic N) is 5. The number of piperidine rings is 2. The highest BCUT2D eigenvalue weighted by molar-refractivity contribution is 6.33. The molecule has 176 valence electrons. The second-order valence-corrected chi connectivity index (χ2v) is 11.3. The summed E-state index contributed by atoms with van der Waals surface area (Å²) in [7, 11) is 1.75. The molecule has 0 N–H and O–H groups in total. The van der Waals surface area contributed by atoms with Crippen LogP contribution in [0.15, 0.2) is 10.8 Å². The average molecular weight is 462 g/mol. The number of hydrogen-bond acceptors (Lipinski definition) is 5. The van der Waals surface area contributed by atoms with Crippen molar-refractivity contribution in [3.8, 4) is 11.4 Å². The van der Waals surface area contributed by atoms with Crippen molar-refractivity contribution in [3.63, 3.8) is 0 Å². The molecule has 7 nitrogen and oxygen atoms in total. The molecule has 0 aromatic carbocycles. The van der Waals surface area contributed by atoms with Crippen LogP contribution in [0.2, 0.25) is 5.15 Å². The molecule has 0 bridgehead atoms. The summed E-state index contributed by atoms with van der Waals surface area (Å²) in [5.74, 6) is -0.0574. The van der Waals surface area contributed by atoms with Gasteiger partial charge in [-0.3, -0.25) is 9.48 Å². The number of hydrogen-bond donors (Lipinski definition) is 0. The lowest BCUT2D eigenvalue weighted by molar-refractivity contribution is 0.0283. The molecule has 2 aliphatic rings. The van der Waals surface area contributed by atoms with E-state index in [-0.39, 0.29) is 5.91 Å². The first-order valence-corrected chi connectivity index (χ1v) is 12.1. The molecular weight excluding hydrogens is 426 g/mol. The van der Waals surface area contributed by atoms with Crippen molar-refractivity contribution in [3.05, 3.63) is 22.5 Å². The number of carbonyl (C=O) groups is 1. The van der Waals surface area contributed by atoms with Crippen LogP contribution in [0.1, 0.15) is 68.8 Å². The molecular formula is C24H36ClN5O2. The van der Waals surface area contributed by atoms with Crippen LogP contribution in [0.4, 0.5) is 0 Å². The number of carbonyl (C=O) groups excluding carboxylic acids is 1. The fourth-order valence-electron chi connectivity index (χ4n) is 4.96. The van der Waals surface area contributed by atoms with Gasteiger partial charge in [0.05, 0.1) is 0 Å². The van der Waals surface area contributed by atoms with Gasteiger partial charge >= 0.3 is 0 Å². The minimum absolute atomic E-state index is 0.0574. The van der Waals surface area contributed by atoms with E-state index in [0.29, 0.717) is 32.9 Å². The molecule has 4 heterocycles. The largest absolute Gasteiger partial charge is 0.364 e. The molecule has 2 aromatic rings. The molecule has 32 heavy (non-hydrogen) atoms. The van der Waals surface area contributed by atoms with Gasteiger partial charge in [0.25, 0.3) is 5.91 Å². The highest BCUT2D eigenvalue weighted by atomic mass is 35.5. The summed E-state index contributed by atoms with van der Waals surface area (Å²) in [4.78, 5) is 18.0. The Balaban J connectivity index is 1.40. The number of amides is 1. The lowest BCUT2D eigenvalue weighted by atomic mass is 9.71. The van der Waals surface area contributed by atoms with Crippen LogP contribution in [0.5, 0.6) is 0 Å². The smallest absolute Gasteiger partial charge is 0.259 e. The number of halogens is 1. The van der Waals surface area contributed by atoms with Gasteiger partial charge in [-0.25, -0.2) is 0 Å². The van der Waals surface area contributed by atoms with Crippen molar-refractivity contribution in [2.75, 3.05) is 32.7 Å². The Morgan fingerprint density at radius 2 is 1.75 bits per heavy atom. The fraction of sp³-hybridized carbons (Fsp3) is 0.708. The molecule has 0 radical (unpaired) electrons. The van der Waals surface area contributed by atoms with Gasteiger partial charge in [-0.05, 0) is 69.5 Å². The third-order valence-corrected chi connectivity index (χ3v) is 7.80. The summed E-state index contributed by atoms with van der Waals surface area (Å²) in [6.45, 7) is 13.9. The summed E-state index contributed by atoms with van der Waals surface area (Å²) in [5.41, 5.74) is 3.11. The zero-order valence-electron chi connectivity index (χ0n) is 20.1. The van der Waals surface area contributed by atoms with E-state index in [0.717, 1.165) is 31.5 Å². The Bertz CT molecular complexity index is 956. The Labute approximate surface area is 196 Å². The van der Waals surface area contributed by atoms with Crippen LogP contribution in [0, 0.1) is 17.8 Å². The van der Waals surface area contributed by atoms with E-state index < -0.39 is 0 Å². The van der Waals surface area contributed by atoms with Crippen LogP contribution < -0.4 is 0 Å². The average Bonchev–Trinajstić information content (AvgIpc) is 3.30. The van der Waals surface area contributed by atoms with E-state index >= 15 is 0 Å². The van der Waals surface area contributed by atoms with Crippen molar-refractivity contribution in [1.29, 1.82) is 0 Å². The summed E-state index contributed by atoms with van der Waals surface area (Å²) in [6, 6.07) is 0. The van der Waals surface area contributed by atoms with Crippen LogP contribution in [-0.2, 0) is 7.05 Å². The maximum absolute atomic E-state index is 13.5. The van der Waals surface area contributed by atoms with E-state index in [2.05, 4.69) is 35.9 Å². The van der Waals surface area contributed by atoms with Crippen LogP contribution in [-0.4, -0.2) is 63.4 Å². The Kier molecular flexibility index (Phi) is 6.43. The Morgan fingerprint density at radius 3 is 2.31 bits per heavy atom. The molecule has 0 atom stereocenters. The molecule has 0 saturated carbocycles. The zero-order valence-corrected chi connectivity index (χ0v) is 20.8.